The maximum Gasteiger partial charge on any atom is 0.287 e. The van der Waals surface area contributed by atoms with Crippen LogP contribution in [0.15, 0.2) is 22.8 Å². The Morgan fingerprint density at radius 2 is 2.33 bits per heavy atom. The molecule has 1 aromatic heterocycles. The van der Waals surface area contributed by atoms with Gasteiger partial charge in [0.25, 0.3) is 5.91 Å². The van der Waals surface area contributed by atoms with Gasteiger partial charge in [0.2, 0.25) is 0 Å². The van der Waals surface area contributed by atoms with Crippen molar-refractivity contribution in [2.75, 3.05) is 0 Å². The van der Waals surface area contributed by atoms with Gasteiger partial charge in [0.05, 0.1) is 6.26 Å². The van der Waals surface area contributed by atoms with E-state index < -0.39 is 0 Å². The van der Waals surface area contributed by atoms with Crippen molar-refractivity contribution in [2.45, 2.75) is 31.7 Å². The Bertz CT molecular complexity index is 358. The predicted octanol–water partition coefficient (Wildman–Crippen LogP) is 2.20. The molecule has 1 heterocycles. The van der Waals surface area contributed by atoms with Crippen LogP contribution >= 0.6 is 0 Å². The van der Waals surface area contributed by atoms with E-state index in [1.165, 1.54) is 25.5 Å². The van der Waals surface area contributed by atoms with Crippen molar-refractivity contribution in [3.05, 3.63) is 24.2 Å². The summed E-state index contributed by atoms with van der Waals surface area (Å²) in [7, 11) is 0. The molecular weight excluding hydrogens is 190 g/mol. The zero-order chi connectivity index (χ0) is 10.3. The van der Waals surface area contributed by atoms with Gasteiger partial charge in [-0.3, -0.25) is 4.79 Å². The van der Waals surface area contributed by atoms with E-state index in [0.717, 1.165) is 12.3 Å². The lowest BCUT2D eigenvalue weighted by Gasteiger charge is -2.22. The fourth-order valence-corrected chi connectivity index (χ4v) is 3.07. The van der Waals surface area contributed by atoms with Gasteiger partial charge in [-0.2, -0.15) is 0 Å². The first-order chi connectivity index (χ1) is 7.33. The summed E-state index contributed by atoms with van der Waals surface area (Å²) in [6, 6.07) is 3.85. The first kappa shape index (κ1) is 9.01. The van der Waals surface area contributed by atoms with E-state index in [0.29, 0.717) is 17.7 Å². The molecule has 3 atom stereocenters. The van der Waals surface area contributed by atoms with Crippen LogP contribution in [-0.2, 0) is 0 Å². The Morgan fingerprint density at radius 1 is 1.40 bits per heavy atom. The Kier molecular flexibility index (Phi) is 2.04. The molecule has 2 aliphatic rings. The molecule has 0 aromatic carbocycles. The van der Waals surface area contributed by atoms with Crippen molar-refractivity contribution in [3.8, 4) is 0 Å². The fraction of sp³-hybridized carbons (Fsp3) is 0.583. The highest BCUT2D eigenvalue weighted by atomic mass is 16.3. The molecule has 3 rings (SSSR count). The minimum Gasteiger partial charge on any atom is -0.459 e. The number of nitrogens with one attached hydrogen (secondary N) is 1. The van der Waals surface area contributed by atoms with Gasteiger partial charge in [0.15, 0.2) is 5.76 Å². The molecule has 1 N–H and O–H groups in total. The second-order valence-electron chi connectivity index (χ2n) is 4.73. The Morgan fingerprint density at radius 3 is 2.93 bits per heavy atom. The van der Waals surface area contributed by atoms with E-state index in [-0.39, 0.29) is 5.91 Å². The standard InChI is InChI=1S/C12H15NO2/c14-12(11-2-1-5-15-11)13-10-7-8-3-4-9(10)6-8/h1-2,5,8-10H,3-4,6-7H2,(H,13,14)/t8-,9+,10-/m0/s1. The van der Waals surface area contributed by atoms with Gasteiger partial charge in [-0.15, -0.1) is 0 Å². The number of hydrogen-bond donors (Lipinski definition) is 1. The third-order valence-corrected chi connectivity index (χ3v) is 3.80. The monoisotopic (exact) mass is 205 g/mol. The van der Waals surface area contributed by atoms with E-state index in [2.05, 4.69) is 5.32 Å². The number of rotatable bonds is 2. The van der Waals surface area contributed by atoms with Crippen molar-refractivity contribution >= 4 is 5.91 Å². The average molecular weight is 205 g/mol. The van der Waals surface area contributed by atoms with E-state index in [9.17, 15) is 4.79 Å². The third-order valence-electron chi connectivity index (χ3n) is 3.80. The molecule has 0 aliphatic heterocycles. The van der Waals surface area contributed by atoms with E-state index in [1.54, 1.807) is 12.1 Å². The second-order valence-corrected chi connectivity index (χ2v) is 4.73. The minimum absolute atomic E-state index is 0.0578. The smallest absolute Gasteiger partial charge is 0.287 e. The van der Waals surface area contributed by atoms with Gasteiger partial charge in [-0.1, -0.05) is 6.42 Å². The molecule has 2 saturated carbocycles. The molecule has 0 unspecified atom stereocenters. The highest BCUT2D eigenvalue weighted by Gasteiger charge is 2.40. The van der Waals surface area contributed by atoms with Gasteiger partial charge in [0.1, 0.15) is 0 Å². The minimum atomic E-state index is -0.0578. The molecule has 0 saturated heterocycles. The zero-order valence-electron chi connectivity index (χ0n) is 8.61. The van der Waals surface area contributed by atoms with Crippen molar-refractivity contribution in [3.63, 3.8) is 0 Å². The van der Waals surface area contributed by atoms with Crippen LogP contribution in [0.2, 0.25) is 0 Å². The number of carbonyl (C=O) groups excluding carboxylic acids is 1. The van der Waals surface area contributed by atoms with Crippen LogP contribution in [0.25, 0.3) is 0 Å². The summed E-state index contributed by atoms with van der Waals surface area (Å²) in [5.41, 5.74) is 0. The third kappa shape index (κ3) is 1.56. The van der Waals surface area contributed by atoms with Crippen molar-refractivity contribution in [1.29, 1.82) is 0 Å². The zero-order valence-corrected chi connectivity index (χ0v) is 8.61. The number of amides is 1. The number of fused-ring (bicyclic) bond motifs is 2. The molecule has 3 nitrogen and oxygen atoms in total. The van der Waals surface area contributed by atoms with Crippen LogP contribution in [0.4, 0.5) is 0 Å². The molecule has 2 bridgehead atoms. The van der Waals surface area contributed by atoms with Gasteiger partial charge in [-0.05, 0) is 43.2 Å². The number of hydrogen-bond acceptors (Lipinski definition) is 2. The lowest BCUT2D eigenvalue weighted by Crippen LogP contribution is -2.38. The summed E-state index contributed by atoms with van der Waals surface area (Å²) in [5, 5.41) is 3.08. The molecular formula is C12H15NO2. The first-order valence-electron chi connectivity index (χ1n) is 5.67. The topological polar surface area (TPSA) is 42.2 Å². The summed E-state index contributed by atoms with van der Waals surface area (Å²) < 4.78 is 5.07. The lowest BCUT2D eigenvalue weighted by atomic mass is 9.95. The average Bonchev–Trinajstić information content (AvgIpc) is 2.95. The second kappa shape index (κ2) is 3.40. The van der Waals surface area contributed by atoms with Crippen LogP contribution in [0.1, 0.15) is 36.2 Å². The fourth-order valence-electron chi connectivity index (χ4n) is 3.07. The van der Waals surface area contributed by atoms with Crippen molar-refractivity contribution in [1.82, 2.24) is 5.32 Å². The normalized spacial score (nSPS) is 33.2. The predicted molar refractivity (Wildman–Crippen MR) is 55.4 cm³/mol. The molecule has 0 spiro atoms. The molecule has 2 fully saturated rings. The molecule has 0 radical (unpaired) electrons. The molecule has 3 heteroatoms. The van der Waals surface area contributed by atoms with Crippen LogP contribution in [-0.4, -0.2) is 11.9 Å². The van der Waals surface area contributed by atoms with Crippen LogP contribution in [0.5, 0.6) is 0 Å². The summed E-state index contributed by atoms with van der Waals surface area (Å²) in [4.78, 5) is 11.7. The highest BCUT2D eigenvalue weighted by Crippen LogP contribution is 2.44. The quantitative estimate of drug-likeness (QED) is 0.804. The Hall–Kier alpha value is -1.25. The molecule has 1 amide bonds. The summed E-state index contributed by atoms with van der Waals surface area (Å²) in [6.45, 7) is 0. The highest BCUT2D eigenvalue weighted by molar-refractivity contribution is 5.91. The van der Waals surface area contributed by atoms with Crippen LogP contribution < -0.4 is 5.32 Å². The number of carbonyl (C=O) groups is 1. The van der Waals surface area contributed by atoms with E-state index >= 15 is 0 Å². The number of furan rings is 1. The van der Waals surface area contributed by atoms with Crippen LogP contribution in [0.3, 0.4) is 0 Å². The summed E-state index contributed by atoms with van der Waals surface area (Å²) >= 11 is 0. The Labute approximate surface area is 88.8 Å². The van der Waals surface area contributed by atoms with Gasteiger partial charge in [-0.25, -0.2) is 0 Å². The molecule has 1 aromatic rings. The summed E-state index contributed by atoms with van der Waals surface area (Å²) in [5.74, 6) is 1.95. The first-order valence-corrected chi connectivity index (χ1v) is 5.67. The molecule has 2 aliphatic carbocycles. The molecule has 80 valence electrons. The van der Waals surface area contributed by atoms with Crippen LogP contribution in [0, 0.1) is 11.8 Å². The van der Waals surface area contributed by atoms with Crippen molar-refractivity contribution < 1.29 is 9.21 Å². The largest absolute Gasteiger partial charge is 0.459 e. The Balaban J connectivity index is 1.64. The van der Waals surface area contributed by atoms with Crippen molar-refractivity contribution in [2.24, 2.45) is 11.8 Å². The maximum absolute atomic E-state index is 11.7. The van der Waals surface area contributed by atoms with Gasteiger partial charge in [0, 0.05) is 6.04 Å². The molecule has 15 heavy (non-hydrogen) atoms. The van der Waals surface area contributed by atoms with Gasteiger partial charge < -0.3 is 9.73 Å². The lowest BCUT2D eigenvalue weighted by molar-refractivity contribution is 0.0894. The maximum atomic E-state index is 11.7. The SMILES string of the molecule is O=C(N[C@H]1C[C@H]2CC[C@@H]1C2)c1ccco1. The van der Waals surface area contributed by atoms with E-state index in [1.807, 2.05) is 0 Å². The van der Waals surface area contributed by atoms with Gasteiger partial charge >= 0.3 is 0 Å². The summed E-state index contributed by atoms with van der Waals surface area (Å²) in [6.07, 6.45) is 6.65. The van der Waals surface area contributed by atoms with E-state index in [4.69, 9.17) is 4.42 Å².